The fraction of sp³-hybridized carbons (Fsp3) is 0.240. The van der Waals surface area contributed by atoms with Crippen LogP contribution in [0.1, 0.15) is 18.9 Å². The SMILES string of the molecule is CCOc1ccc(N(CC(=O)NCCCc2ccc(Cl)cc2)S(=O)(=O)c2ccccc2)cc1. The first kappa shape index (κ1) is 24.6. The first-order valence-electron chi connectivity index (χ1n) is 10.7. The van der Waals surface area contributed by atoms with Crippen LogP contribution in [-0.2, 0) is 21.2 Å². The van der Waals surface area contributed by atoms with Gasteiger partial charge in [0.05, 0.1) is 17.2 Å². The second-order valence-electron chi connectivity index (χ2n) is 7.33. The van der Waals surface area contributed by atoms with Crippen LogP contribution in [0, 0.1) is 0 Å². The van der Waals surface area contributed by atoms with Gasteiger partial charge in [0.25, 0.3) is 10.0 Å². The first-order chi connectivity index (χ1) is 15.9. The van der Waals surface area contributed by atoms with Gasteiger partial charge in [-0.1, -0.05) is 41.9 Å². The number of nitrogens with one attached hydrogen (secondary N) is 1. The number of hydrogen-bond donors (Lipinski definition) is 1. The van der Waals surface area contributed by atoms with E-state index in [4.69, 9.17) is 16.3 Å². The number of aryl methyl sites for hydroxylation is 1. The molecule has 0 fully saturated rings. The lowest BCUT2D eigenvalue weighted by molar-refractivity contribution is -0.119. The molecule has 0 atom stereocenters. The van der Waals surface area contributed by atoms with Gasteiger partial charge in [-0.15, -0.1) is 0 Å². The molecular formula is C25H27ClN2O4S. The van der Waals surface area contributed by atoms with Crippen LogP contribution in [0.15, 0.2) is 83.8 Å². The van der Waals surface area contributed by atoms with E-state index >= 15 is 0 Å². The van der Waals surface area contributed by atoms with Crippen LogP contribution in [0.25, 0.3) is 0 Å². The predicted octanol–water partition coefficient (Wildman–Crippen LogP) is 4.68. The van der Waals surface area contributed by atoms with E-state index in [-0.39, 0.29) is 17.3 Å². The van der Waals surface area contributed by atoms with E-state index < -0.39 is 10.0 Å². The fourth-order valence-corrected chi connectivity index (χ4v) is 4.84. The van der Waals surface area contributed by atoms with Crippen LogP contribution in [0.3, 0.4) is 0 Å². The van der Waals surface area contributed by atoms with Crippen molar-refractivity contribution in [3.8, 4) is 5.75 Å². The summed E-state index contributed by atoms with van der Waals surface area (Å²) in [6.45, 7) is 2.48. The molecule has 1 amide bonds. The van der Waals surface area contributed by atoms with E-state index in [9.17, 15) is 13.2 Å². The molecule has 1 N–H and O–H groups in total. The van der Waals surface area contributed by atoms with Gasteiger partial charge < -0.3 is 10.1 Å². The summed E-state index contributed by atoms with van der Waals surface area (Å²) in [6.07, 6.45) is 1.50. The maximum atomic E-state index is 13.3. The number of carbonyl (C=O) groups excluding carboxylic acids is 1. The Morgan fingerprint density at radius 2 is 1.64 bits per heavy atom. The molecule has 0 aromatic heterocycles. The number of amides is 1. The third-order valence-electron chi connectivity index (χ3n) is 4.93. The molecule has 0 bridgehead atoms. The van der Waals surface area contributed by atoms with E-state index in [0.29, 0.717) is 29.6 Å². The van der Waals surface area contributed by atoms with E-state index in [1.807, 2.05) is 31.2 Å². The van der Waals surface area contributed by atoms with Crippen molar-refractivity contribution in [1.29, 1.82) is 0 Å². The number of carbonyl (C=O) groups is 1. The molecule has 0 unspecified atom stereocenters. The minimum atomic E-state index is -3.93. The molecule has 0 radical (unpaired) electrons. The smallest absolute Gasteiger partial charge is 0.264 e. The molecule has 3 aromatic carbocycles. The lowest BCUT2D eigenvalue weighted by atomic mass is 10.1. The quantitative estimate of drug-likeness (QED) is 0.399. The minimum Gasteiger partial charge on any atom is -0.494 e. The summed E-state index contributed by atoms with van der Waals surface area (Å²) in [6, 6.07) is 22.3. The maximum absolute atomic E-state index is 13.3. The van der Waals surface area contributed by atoms with Gasteiger partial charge in [-0.3, -0.25) is 9.10 Å². The van der Waals surface area contributed by atoms with E-state index in [1.165, 1.54) is 12.1 Å². The van der Waals surface area contributed by atoms with Crippen molar-refractivity contribution in [3.63, 3.8) is 0 Å². The topological polar surface area (TPSA) is 75.7 Å². The lowest BCUT2D eigenvalue weighted by Crippen LogP contribution is -2.41. The Kier molecular flexibility index (Phi) is 8.74. The molecule has 33 heavy (non-hydrogen) atoms. The number of ether oxygens (including phenoxy) is 1. The zero-order valence-electron chi connectivity index (χ0n) is 18.4. The van der Waals surface area contributed by atoms with Crippen LogP contribution in [0.2, 0.25) is 5.02 Å². The van der Waals surface area contributed by atoms with Gasteiger partial charge in [-0.05, 0) is 73.9 Å². The molecule has 3 aromatic rings. The summed E-state index contributed by atoms with van der Waals surface area (Å²) >= 11 is 5.90. The standard InChI is InChI=1S/C25H27ClN2O4S/c1-2-32-23-16-14-22(15-17-23)28(33(30,31)24-8-4-3-5-9-24)19-25(29)27-18-6-7-20-10-12-21(26)13-11-20/h3-5,8-17H,2,6-7,18-19H2,1H3,(H,27,29). The van der Waals surface area contributed by atoms with Gasteiger partial charge >= 0.3 is 0 Å². The summed E-state index contributed by atoms with van der Waals surface area (Å²) in [5.74, 6) is 0.254. The monoisotopic (exact) mass is 486 g/mol. The zero-order chi connectivity index (χ0) is 23.7. The van der Waals surface area contributed by atoms with Crippen molar-refractivity contribution in [3.05, 3.63) is 89.4 Å². The highest BCUT2D eigenvalue weighted by Crippen LogP contribution is 2.25. The summed E-state index contributed by atoms with van der Waals surface area (Å²) in [5, 5.41) is 3.51. The fourth-order valence-electron chi connectivity index (χ4n) is 3.27. The third kappa shape index (κ3) is 6.97. The predicted molar refractivity (Wildman–Crippen MR) is 131 cm³/mol. The Hall–Kier alpha value is -3.03. The molecule has 0 saturated heterocycles. The molecule has 6 nitrogen and oxygen atoms in total. The van der Waals surface area contributed by atoms with Gasteiger partial charge in [0.2, 0.25) is 5.91 Å². The second-order valence-corrected chi connectivity index (χ2v) is 9.63. The molecule has 0 heterocycles. The summed E-state index contributed by atoms with van der Waals surface area (Å²) < 4.78 is 33.2. The normalized spacial score (nSPS) is 11.1. The Morgan fingerprint density at radius 3 is 2.27 bits per heavy atom. The van der Waals surface area contributed by atoms with Crippen molar-refractivity contribution in [2.24, 2.45) is 0 Å². The highest BCUT2D eigenvalue weighted by molar-refractivity contribution is 7.92. The van der Waals surface area contributed by atoms with E-state index in [1.54, 1.807) is 42.5 Å². The van der Waals surface area contributed by atoms with Crippen molar-refractivity contribution < 1.29 is 17.9 Å². The third-order valence-corrected chi connectivity index (χ3v) is 6.97. The van der Waals surface area contributed by atoms with Crippen LogP contribution in [0.5, 0.6) is 5.75 Å². The molecule has 0 aliphatic carbocycles. The Labute approximate surface area is 200 Å². The van der Waals surface area contributed by atoms with Gasteiger partial charge in [0.15, 0.2) is 0 Å². The molecule has 0 spiro atoms. The first-order valence-corrected chi connectivity index (χ1v) is 12.5. The molecule has 8 heteroatoms. The molecule has 0 aliphatic heterocycles. The lowest BCUT2D eigenvalue weighted by Gasteiger charge is -2.24. The molecular weight excluding hydrogens is 460 g/mol. The van der Waals surface area contributed by atoms with E-state index in [2.05, 4.69) is 5.32 Å². The van der Waals surface area contributed by atoms with Gasteiger partial charge in [-0.2, -0.15) is 0 Å². The number of benzene rings is 3. The molecule has 0 saturated carbocycles. The summed E-state index contributed by atoms with van der Waals surface area (Å²) in [4.78, 5) is 12.8. The van der Waals surface area contributed by atoms with Crippen LogP contribution in [0.4, 0.5) is 5.69 Å². The van der Waals surface area contributed by atoms with Crippen molar-refractivity contribution >= 4 is 33.2 Å². The van der Waals surface area contributed by atoms with Crippen molar-refractivity contribution in [2.75, 3.05) is 24.0 Å². The average molecular weight is 487 g/mol. The number of halogens is 1. The number of nitrogens with zero attached hydrogens (tertiary/aromatic N) is 1. The molecule has 0 aliphatic rings. The molecule has 174 valence electrons. The average Bonchev–Trinajstić information content (AvgIpc) is 2.83. The Morgan fingerprint density at radius 1 is 0.970 bits per heavy atom. The number of anilines is 1. The van der Waals surface area contributed by atoms with Gasteiger partial charge in [0, 0.05) is 11.6 Å². The largest absolute Gasteiger partial charge is 0.494 e. The number of rotatable bonds is 11. The minimum absolute atomic E-state index is 0.120. The molecule has 3 rings (SSSR count). The highest BCUT2D eigenvalue weighted by Gasteiger charge is 2.27. The van der Waals surface area contributed by atoms with Crippen LogP contribution >= 0.6 is 11.6 Å². The van der Waals surface area contributed by atoms with Gasteiger partial charge in [-0.25, -0.2) is 8.42 Å². The number of sulfonamides is 1. The number of hydrogen-bond acceptors (Lipinski definition) is 4. The second kappa shape index (κ2) is 11.7. The highest BCUT2D eigenvalue weighted by atomic mass is 35.5. The van der Waals surface area contributed by atoms with Crippen molar-refractivity contribution in [1.82, 2.24) is 5.32 Å². The van der Waals surface area contributed by atoms with Crippen LogP contribution in [-0.4, -0.2) is 34.0 Å². The van der Waals surface area contributed by atoms with Crippen molar-refractivity contribution in [2.45, 2.75) is 24.7 Å². The summed E-state index contributed by atoms with van der Waals surface area (Å²) in [5.41, 5.74) is 1.51. The zero-order valence-corrected chi connectivity index (χ0v) is 20.0. The van der Waals surface area contributed by atoms with Gasteiger partial charge in [0.1, 0.15) is 12.3 Å². The Balaban J connectivity index is 1.69. The summed E-state index contributed by atoms with van der Waals surface area (Å²) in [7, 11) is -3.93. The van der Waals surface area contributed by atoms with E-state index in [0.717, 1.165) is 22.7 Å². The Bertz CT molecular complexity index is 1140. The maximum Gasteiger partial charge on any atom is 0.264 e. The van der Waals surface area contributed by atoms with Crippen LogP contribution < -0.4 is 14.4 Å².